The first-order valence-corrected chi connectivity index (χ1v) is 15.5. The van der Waals surface area contributed by atoms with Gasteiger partial charge in [0.2, 0.25) is 11.8 Å². The Morgan fingerprint density at radius 2 is 1.60 bits per heavy atom. The topological polar surface area (TPSA) is 105 Å². The van der Waals surface area contributed by atoms with Crippen LogP contribution >= 0.6 is 0 Å². The lowest BCUT2D eigenvalue weighted by Gasteiger charge is -2.34. The Morgan fingerprint density at radius 1 is 0.953 bits per heavy atom. The quantitative estimate of drug-likeness (QED) is 0.286. The molecule has 0 aromatic heterocycles. The van der Waals surface area contributed by atoms with Crippen molar-refractivity contribution < 1.29 is 31.9 Å². The van der Waals surface area contributed by atoms with Gasteiger partial charge in [-0.2, -0.15) is 0 Å². The first-order valence-electron chi connectivity index (χ1n) is 14.0. The standard InChI is InChI=1S/C32H40FN3O6S/c1-7-29(31(38)34-32(3,4)5)35(21-23-10-9-11-27(20-23)41-6)30(37)22-36(25-14-16-26(17-15-25)42-8-2)43(39,40)28-18-12-24(33)13-19-28/h9-20,29H,7-8,21-22H2,1-6H3,(H,34,38)/t29-/m0/s1. The van der Waals surface area contributed by atoms with Crippen LogP contribution in [0.2, 0.25) is 0 Å². The summed E-state index contributed by atoms with van der Waals surface area (Å²) in [5, 5.41) is 2.94. The Balaban J connectivity index is 2.08. The zero-order valence-corrected chi connectivity index (χ0v) is 26.3. The van der Waals surface area contributed by atoms with E-state index in [0.29, 0.717) is 23.7 Å². The van der Waals surface area contributed by atoms with Gasteiger partial charge in [-0.15, -0.1) is 0 Å². The molecule has 2 amide bonds. The van der Waals surface area contributed by atoms with E-state index < -0.39 is 39.9 Å². The van der Waals surface area contributed by atoms with Crippen LogP contribution in [0.1, 0.15) is 46.6 Å². The highest BCUT2D eigenvalue weighted by Crippen LogP contribution is 2.27. The number of hydrogen-bond acceptors (Lipinski definition) is 6. The van der Waals surface area contributed by atoms with E-state index in [1.807, 2.05) is 27.7 Å². The molecule has 232 valence electrons. The Labute approximate surface area is 253 Å². The molecule has 1 atom stereocenters. The van der Waals surface area contributed by atoms with Crippen molar-refractivity contribution in [3.63, 3.8) is 0 Å². The van der Waals surface area contributed by atoms with Gasteiger partial charge in [0.1, 0.15) is 29.9 Å². The smallest absolute Gasteiger partial charge is 0.264 e. The highest BCUT2D eigenvalue weighted by Gasteiger charge is 2.34. The van der Waals surface area contributed by atoms with Crippen molar-refractivity contribution in [3.8, 4) is 11.5 Å². The number of halogens is 1. The molecular formula is C32H40FN3O6S. The summed E-state index contributed by atoms with van der Waals surface area (Å²) in [7, 11) is -2.80. The zero-order valence-electron chi connectivity index (χ0n) is 25.5. The Bertz CT molecular complexity index is 1490. The lowest BCUT2D eigenvalue weighted by atomic mass is 10.1. The van der Waals surface area contributed by atoms with Gasteiger partial charge in [-0.3, -0.25) is 13.9 Å². The number of methoxy groups -OCH3 is 1. The summed E-state index contributed by atoms with van der Waals surface area (Å²) < 4.78 is 53.3. The fourth-order valence-electron chi connectivity index (χ4n) is 4.48. The normalized spacial score (nSPS) is 12.3. The summed E-state index contributed by atoms with van der Waals surface area (Å²) >= 11 is 0. The summed E-state index contributed by atoms with van der Waals surface area (Å²) in [5.41, 5.74) is 0.341. The van der Waals surface area contributed by atoms with Gasteiger partial charge in [0.25, 0.3) is 10.0 Å². The summed E-state index contributed by atoms with van der Waals surface area (Å²) in [6, 6.07) is 16.9. The molecule has 9 nitrogen and oxygen atoms in total. The summed E-state index contributed by atoms with van der Waals surface area (Å²) in [6.07, 6.45) is 0.283. The molecule has 0 aliphatic carbocycles. The molecule has 0 aliphatic heterocycles. The molecule has 0 bridgehead atoms. The lowest BCUT2D eigenvalue weighted by molar-refractivity contribution is -0.141. The predicted octanol–water partition coefficient (Wildman–Crippen LogP) is 5.15. The van der Waals surface area contributed by atoms with Gasteiger partial charge in [-0.25, -0.2) is 12.8 Å². The lowest BCUT2D eigenvalue weighted by Crippen LogP contribution is -2.55. The SMILES string of the molecule is CCOc1ccc(N(CC(=O)N(Cc2cccc(OC)c2)[C@@H](CC)C(=O)NC(C)(C)C)S(=O)(=O)c2ccc(F)cc2)cc1. The summed E-state index contributed by atoms with van der Waals surface area (Å²) in [6.45, 7) is 8.98. The number of amides is 2. The summed E-state index contributed by atoms with van der Waals surface area (Å²) in [4.78, 5) is 28.8. The van der Waals surface area contributed by atoms with Crippen molar-refractivity contribution in [2.75, 3.05) is 24.6 Å². The van der Waals surface area contributed by atoms with E-state index in [2.05, 4.69) is 5.32 Å². The second kappa shape index (κ2) is 14.4. The first kappa shape index (κ1) is 33.4. The third kappa shape index (κ3) is 8.93. The number of nitrogens with one attached hydrogen (secondary N) is 1. The van der Waals surface area contributed by atoms with E-state index in [1.54, 1.807) is 43.3 Å². The number of ether oxygens (including phenoxy) is 2. The van der Waals surface area contributed by atoms with Crippen LogP contribution in [0.15, 0.2) is 77.7 Å². The maximum atomic E-state index is 14.2. The van der Waals surface area contributed by atoms with E-state index >= 15 is 0 Å². The molecule has 0 heterocycles. The van der Waals surface area contributed by atoms with Gasteiger partial charge < -0.3 is 19.7 Å². The van der Waals surface area contributed by atoms with E-state index in [1.165, 1.54) is 24.1 Å². The van der Waals surface area contributed by atoms with Gasteiger partial charge in [-0.05, 0) is 100 Å². The third-order valence-corrected chi connectivity index (χ3v) is 8.28. The fraction of sp³-hybridized carbons (Fsp3) is 0.375. The minimum atomic E-state index is -4.33. The fourth-order valence-corrected chi connectivity index (χ4v) is 5.89. The average molecular weight is 614 g/mol. The van der Waals surface area contributed by atoms with Crippen molar-refractivity contribution in [3.05, 3.63) is 84.2 Å². The molecule has 0 radical (unpaired) electrons. The average Bonchev–Trinajstić information content (AvgIpc) is 2.95. The third-order valence-electron chi connectivity index (χ3n) is 6.49. The number of anilines is 1. The van der Waals surface area contributed by atoms with Crippen molar-refractivity contribution in [1.82, 2.24) is 10.2 Å². The van der Waals surface area contributed by atoms with E-state index in [-0.39, 0.29) is 29.5 Å². The molecule has 3 rings (SSSR count). The maximum absolute atomic E-state index is 14.2. The van der Waals surface area contributed by atoms with Crippen LogP contribution < -0.4 is 19.1 Å². The van der Waals surface area contributed by atoms with Gasteiger partial charge in [0.15, 0.2) is 0 Å². The molecule has 3 aromatic rings. The molecule has 3 aromatic carbocycles. The number of carbonyl (C=O) groups excluding carboxylic acids is 2. The minimum absolute atomic E-state index is 0.0276. The molecule has 0 aliphatic rings. The van der Waals surface area contributed by atoms with Crippen LogP contribution in [-0.4, -0.2) is 57.0 Å². The first-order chi connectivity index (χ1) is 20.3. The van der Waals surface area contributed by atoms with Crippen LogP contribution in [-0.2, 0) is 26.2 Å². The molecule has 43 heavy (non-hydrogen) atoms. The van der Waals surface area contributed by atoms with Gasteiger partial charge in [0.05, 0.1) is 24.3 Å². The van der Waals surface area contributed by atoms with Crippen LogP contribution in [0.25, 0.3) is 0 Å². The minimum Gasteiger partial charge on any atom is -0.497 e. The van der Waals surface area contributed by atoms with Gasteiger partial charge >= 0.3 is 0 Å². The Kier molecular flexibility index (Phi) is 11.2. The number of hydrogen-bond donors (Lipinski definition) is 1. The van der Waals surface area contributed by atoms with Crippen molar-refractivity contribution in [1.29, 1.82) is 0 Å². The van der Waals surface area contributed by atoms with Crippen LogP contribution in [0.3, 0.4) is 0 Å². The molecule has 11 heteroatoms. The van der Waals surface area contributed by atoms with Crippen LogP contribution in [0, 0.1) is 5.82 Å². The van der Waals surface area contributed by atoms with Crippen LogP contribution in [0.4, 0.5) is 10.1 Å². The van der Waals surface area contributed by atoms with E-state index in [4.69, 9.17) is 9.47 Å². The number of rotatable bonds is 13. The number of sulfonamides is 1. The zero-order chi connectivity index (χ0) is 31.8. The van der Waals surface area contributed by atoms with Crippen LogP contribution in [0.5, 0.6) is 11.5 Å². The molecule has 0 saturated heterocycles. The Hall–Kier alpha value is -4.12. The monoisotopic (exact) mass is 613 g/mol. The van der Waals surface area contributed by atoms with Crippen molar-refractivity contribution in [2.45, 2.75) is 64.1 Å². The second-order valence-corrected chi connectivity index (χ2v) is 12.8. The second-order valence-electron chi connectivity index (χ2n) is 10.9. The highest BCUT2D eigenvalue weighted by atomic mass is 32.2. The van der Waals surface area contributed by atoms with Crippen molar-refractivity contribution >= 4 is 27.5 Å². The van der Waals surface area contributed by atoms with Gasteiger partial charge in [-0.1, -0.05) is 19.1 Å². The summed E-state index contributed by atoms with van der Waals surface area (Å²) in [5.74, 6) is -0.449. The molecule has 0 saturated carbocycles. The number of benzene rings is 3. The molecule has 1 N–H and O–H groups in total. The predicted molar refractivity (Wildman–Crippen MR) is 164 cm³/mol. The van der Waals surface area contributed by atoms with E-state index in [0.717, 1.165) is 28.6 Å². The van der Waals surface area contributed by atoms with E-state index in [9.17, 15) is 22.4 Å². The molecule has 0 unspecified atom stereocenters. The number of nitrogens with zero attached hydrogens (tertiary/aromatic N) is 2. The van der Waals surface area contributed by atoms with Crippen molar-refractivity contribution in [2.24, 2.45) is 0 Å². The molecular weight excluding hydrogens is 573 g/mol. The Morgan fingerprint density at radius 3 is 2.16 bits per heavy atom. The largest absolute Gasteiger partial charge is 0.497 e. The highest BCUT2D eigenvalue weighted by molar-refractivity contribution is 7.92. The molecule has 0 fully saturated rings. The van der Waals surface area contributed by atoms with Gasteiger partial charge in [0, 0.05) is 12.1 Å². The number of carbonyl (C=O) groups is 2. The molecule has 0 spiro atoms. The maximum Gasteiger partial charge on any atom is 0.264 e.